The summed E-state index contributed by atoms with van der Waals surface area (Å²) in [5.41, 5.74) is 0.521. The predicted molar refractivity (Wildman–Crippen MR) is 70.1 cm³/mol. The molecule has 0 saturated carbocycles. The second-order valence-corrected chi connectivity index (χ2v) is 4.49. The van der Waals surface area contributed by atoms with Crippen molar-refractivity contribution < 1.29 is 19.1 Å². The standard InChI is InChI=1S/C15H18O4/c1-3-18-14(16)12-9-13(15(17)19-4-2)11-7-5-10(12)6-8-11/h5-12H,3-4H2,1-2H3. The van der Waals surface area contributed by atoms with Crippen LogP contribution in [-0.2, 0) is 19.1 Å². The van der Waals surface area contributed by atoms with Gasteiger partial charge >= 0.3 is 11.9 Å². The smallest absolute Gasteiger partial charge is 0.334 e. The summed E-state index contributed by atoms with van der Waals surface area (Å²) in [4.78, 5) is 23.9. The maximum atomic E-state index is 12.0. The van der Waals surface area contributed by atoms with Crippen molar-refractivity contribution in [2.75, 3.05) is 13.2 Å². The van der Waals surface area contributed by atoms with Gasteiger partial charge in [0.25, 0.3) is 0 Å². The molecule has 0 aromatic rings. The van der Waals surface area contributed by atoms with E-state index in [2.05, 4.69) is 0 Å². The molecule has 0 aromatic heterocycles. The Hall–Kier alpha value is -1.84. The number of hydrogen-bond donors (Lipinski definition) is 0. The topological polar surface area (TPSA) is 52.6 Å². The Morgan fingerprint density at radius 1 is 1.05 bits per heavy atom. The van der Waals surface area contributed by atoms with Crippen molar-refractivity contribution in [3.63, 3.8) is 0 Å². The monoisotopic (exact) mass is 262 g/mol. The van der Waals surface area contributed by atoms with Crippen LogP contribution >= 0.6 is 0 Å². The highest BCUT2D eigenvalue weighted by molar-refractivity contribution is 5.92. The number of carbonyl (C=O) groups excluding carboxylic acids is 2. The van der Waals surface area contributed by atoms with Gasteiger partial charge in [-0.1, -0.05) is 30.4 Å². The number of carbonyl (C=O) groups is 2. The molecule has 0 fully saturated rings. The Morgan fingerprint density at radius 3 is 2.26 bits per heavy atom. The molecule has 1 unspecified atom stereocenters. The number of hydrogen-bond acceptors (Lipinski definition) is 4. The lowest BCUT2D eigenvalue weighted by Gasteiger charge is -2.16. The molecule has 19 heavy (non-hydrogen) atoms. The minimum Gasteiger partial charge on any atom is -0.466 e. The van der Waals surface area contributed by atoms with E-state index in [1.807, 2.05) is 24.3 Å². The van der Waals surface area contributed by atoms with Gasteiger partial charge in [-0.05, 0) is 13.8 Å². The van der Waals surface area contributed by atoms with E-state index < -0.39 is 5.92 Å². The highest BCUT2D eigenvalue weighted by Crippen LogP contribution is 2.34. The minimum atomic E-state index is -0.445. The van der Waals surface area contributed by atoms with Gasteiger partial charge in [0.15, 0.2) is 0 Å². The number of fused-ring (bicyclic) bond motifs is 1. The second kappa shape index (κ2) is 5.87. The molecule has 0 heterocycles. The van der Waals surface area contributed by atoms with Gasteiger partial charge in [0.05, 0.1) is 19.1 Å². The van der Waals surface area contributed by atoms with Crippen molar-refractivity contribution >= 4 is 11.9 Å². The Bertz CT molecular complexity index is 445. The average Bonchev–Trinajstić information content (AvgIpc) is 2.69. The van der Waals surface area contributed by atoms with Gasteiger partial charge in [0.2, 0.25) is 0 Å². The lowest BCUT2D eigenvalue weighted by atomic mass is 9.90. The van der Waals surface area contributed by atoms with E-state index in [-0.39, 0.29) is 23.8 Å². The zero-order valence-electron chi connectivity index (χ0n) is 11.2. The molecular formula is C15H18O4. The van der Waals surface area contributed by atoms with Crippen molar-refractivity contribution in [1.82, 2.24) is 0 Å². The molecule has 0 N–H and O–H groups in total. The lowest BCUT2D eigenvalue weighted by Crippen LogP contribution is -2.22. The zero-order valence-corrected chi connectivity index (χ0v) is 11.2. The van der Waals surface area contributed by atoms with Crippen LogP contribution in [0.4, 0.5) is 0 Å². The number of allylic oxidation sites excluding steroid dienone is 4. The van der Waals surface area contributed by atoms with Crippen LogP contribution in [-0.4, -0.2) is 25.2 Å². The van der Waals surface area contributed by atoms with E-state index in [1.165, 1.54) is 0 Å². The van der Waals surface area contributed by atoms with E-state index >= 15 is 0 Å². The molecule has 0 saturated heterocycles. The van der Waals surface area contributed by atoms with E-state index in [1.54, 1.807) is 19.9 Å². The fourth-order valence-corrected chi connectivity index (χ4v) is 2.37. The summed E-state index contributed by atoms with van der Waals surface area (Å²) >= 11 is 0. The number of rotatable bonds is 4. The van der Waals surface area contributed by atoms with Crippen molar-refractivity contribution in [1.29, 1.82) is 0 Å². The van der Waals surface area contributed by atoms with Gasteiger partial charge in [-0.3, -0.25) is 4.79 Å². The van der Waals surface area contributed by atoms with Crippen LogP contribution in [0.25, 0.3) is 0 Å². The summed E-state index contributed by atoms with van der Waals surface area (Å²) in [6.07, 6.45) is 9.48. The van der Waals surface area contributed by atoms with Crippen molar-refractivity contribution in [3.8, 4) is 0 Å². The first kappa shape index (κ1) is 13.6. The molecular weight excluding hydrogens is 244 g/mol. The van der Waals surface area contributed by atoms with Crippen LogP contribution < -0.4 is 0 Å². The molecule has 0 aliphatic heterocycles. The van der Waals surface area contributed by atoms with Gasteiger partial charge in [0.1, 0.15) is 0 Å². The lowest BCUT2D eigenvalue weighted by molar-refractivity contribution is -0.146. The van der Waals surface area contributed by atoms with Crippen LogP contribution in [0, 0.1) is 17.8 Å². The van der Waals surface area contributed by atoms with E-state index in [0.717, 1.165) is 0 Å². The second-order valence-electron chi connectivity index (χ2n) is 4.49. The highest BCUT2D eigenvalue weighted by Gasteiger charge is 2.33. The van der Waals surface area contributed by atoms with E-state index in [0.29, 0.717) is 18.8 Å². The fraction of sp³-hybridized carbons (Fsp3) is 0.467. The van der Waals surface area contributed by atoms with Crippen LogP contribution in [0.15, 0.2) is 36.0 Å². The third-order valence-electron chi connectivity index (χ3n) is 3.28. The Labute approximate surface area is 112 Å². The minimum absolute atomic E-state index is 0.0396. The van der Waals surface area contributed by atoms with Crippen molar-refractivity contribution in [2.24, 2.45) is 17.8 Å². The first-order valence-corrected chi connectivity index (χ1v) is 6.59. The molecule has 2 bridgehead atoms. The summed E-state index contributed by atoms with van der Waals surface area (Å²) in [5.74, 6) is -1.25. The van der Waals surface area contributed by atoms with Crippen LogP contribution in [0.1, 0.15) is 13.8 Å². The molecule has 0 spiro atoms. The quantitative estimate of drug-likeness (QED) is 0.574. The van der Waals surface area contributed by atoms with Crippen molar-refractivity contribution in [2.45, 2.75) is 13.8 Å². The molecule has 3 aliphatic rings. The summed E-state index contributed by atoms with van der Waals surface area (Å²) < 4.78 is 10.1. The fourth-order valence-electron chi connectivity index (χ4n) is 2.37. The van der Waals surface area contributed by atoms with Gasteiger partial charge in [-0.15, -0.1) is 0 Å². The highest BCUT2D eigenvalue weighted by atomic mass is 16.5. The maximum absolute atomic E-state index is 12.0. The zero-order chi connectivity index (χ0) is 13.8. The van der Waals surface area contributed by atoms with Gasteiger partial charge in [-0.2, -0.15) is 0 Å². The molecule has 0 radical (unpaired) electrons. The number of esters is 2. The molecule has 4 heteroatoms. The van der Waals surface area contributed by atoms with Crippen molar-refractivity contribution in [3.05, 3.63) is 36.0 Å². The molecule has 3 aliphatic carbocycles. The molecule has 1 atom stereocenters. The molecule has 0 aromatic carbocycles. The average molecular weight is 262 g/mol. The van der Waals surface area contributed by atoms with Gasteiger partial charge < -0.3 is 9.47 Å². The van der Waals surface area contributed by atoms with Crippen LogP contribution in [0.2, 0.25) is 0 Å². The summed E-state index contributed by atoms with van der Waals surface area (Å²) in [7, 11) is 0. The van der Waals surface area contributed by atoms with Gasteiger partial charge in [-0.25, -0.2) is 4.79 Å². The molecule has 0 amide bonds. The summed E-state index contributed by atoms with van der Waals surface area (Å²) in [6.45, 7) is 4.19. The Balaban J connectivity index is 2.30. The first-order chi connectivity index (χ1) is 9.17. The van der Waals surface area contributed by atoms with Crippen LogP contribution in [0.3, 0.4) is 0 Å². The maximum Gasteiger partial charge on any atom is 0.334 e. The largest absolute Gasteiger partial charge is 0.466 e. The normalized spacial score (nSPS) is 27.7. The third kappa shape index (κ3) is 2.78. The third-order valence-corrected chi connectivity index (χ3v) is 3.28. The molecule has 3 rings (SSSR count). The SMILES string of the molecule is CCOC(=O)C1=CC(C(=O)OCC)C2C=CC1C=C2. The number of ether oxygens (including phenoxy) is 2. The van der Waals surface area contributed by atoms with E-state index in [9.17, 15) is 9.59 Å². The molecule has 102 valence electrons. The first-order valence-electron chi connectivity index (χ1n) is 6.59. The van der Waals surface area contributed by atoms with Gasteiger partial charge in [0, 0.05) is 17.4 Å². The van der Waals surface area contributed by atoms with Crippen LogP contribution in [0.5, 0.6) is 0 Å². The Kier molecular flexibility index (Phi) is 4.20. The summed E-state index contributed by atoms with van der Waals surface area (Å²) in [5, 5.41) is 0. The van der Waals surface area contributed by atoms with E-state index in [4.69, 9.17) is 9.47 Å². The molecule has 4 nitrogen and oxygen atoms in total. The summed E-state index contributed by atoms with van der Waals surface area (Å²) in [6, 6.07) is 0. The predicted octanol–water partition coefficient (Wildman–Crippen LogP) is 2.03. The Morgan fingerprint density at radius 2 is 1.68 bits per heavy atom.